The summed E-state index contributed by atoms with van der Waals surface area (Å²) in [5.74, 6) is -3.53. The molecule has 0 bridgehead atoms. The van der Waals surface area contributed by atoms with Crippen LogP contribution in [0.3, 0.4) is 0 Å². The highest BCUT2D eigenvalue weighted by Crippen LogP contribution is 2.23. The van der Waals surface area contributed by atoms with Crippen LogP contribution in [-0.4, -0.2) is 35.8 Å². The fraction of sp³-hybridized carbons (Fsp3) is 0.263. The van der Waals surface area contributed by atoms with Crippen LogP contribution in [0.5, 0.6) is 0 Å². The molecule has 142 valence electrons. The largest absolute Gasteiger partial charge is 0.349 e. The van der Waals surface area contributed by atoms with Gasteiger partial charge in [-0.25, -0.2) is 13.2 Å². The molecule has 0 saturated carbocycles. The van der Waals surface area contributed by atoms with Gasteiger partial charge in [-0.3, -0.25) is 9.59 Å². The van der Waals surface area contributed by atoms with Crippen molar-refractivity contribution in [3.05, 3.63) is 70.0 Å². The van der Waals surface area contributed by atoms with E-state index in [0.717, 1.165) is 12.1 Å². The maximum atomic E-state index is 13.9. The molecule has 0 atom stereocenters. The van der Waals surface area contributed by atoms with E-state index < -0.39 is 29.3 Å². The number of piperidine rings is 1. The number of hydrogen-bond donors (Lipinski definition) is 1. The summed E-state index contributed by atoms with van der Waals surface area (Å²) in [4.78, 5) is 26.1. The summed E-state index contributed by atoms with van der Waals surface area (Å²) in [7, 11) is 0. The zero-order valence-electron chi connectivity index (χ0n) is 14.1. The fourth-order valence-corrected chi connectivity index (χ4v) is 3.27. The van der Waals surface area contributed by atoms with Crippen molar-refractivity contribution in [2.45, 2.75) is 18.9 Å². The quantitative estimate of drug-likeness (QED) is 0.858. The molecule has 0 radical (unpaired) electrons. The molecule has 0 spiro atoms. The molecule has 1 saturated heterocycles. The summed E-state index contributed by atoms with van der Waals surface area (Å²) in [5, 5.41) is 2.72. The lowest BCUT2D eigenvalue weighted by molar-refractivity contribution is 0.0693. The van der Waals surface area contributed by atoms with Gasteiger partial charge in [-0.05, 0) is 37.1 Å². The number of nitrogens with zero attached hydrogens (tertiary/aromatic N) is 1. The first-order chi connectivity index (χ1) is 12.9. The van der Waals surface area contributed by atoms with Crippen LogP contribution in [0, 0.1) is 17.5 Å². The van der Waals surface area contributed by atoms with Gasteiger partial charge in [0.15, 0.2) is 0 Å². The highest BCUT2D eigenvalue weighted by Gasteiger charge is 2.28. The van der Waals surface area contributed by atoms with Gasteiger partial charge in [-0.1, -0.05) is 17.7 Å². The summed E-state index contributed by atoms with van der Waals surface area (Å²) in [6.45, 7) is 0.584. The second-order valence-electron chi connectivity index (χ2n) is 6.26. The van der Waals surface area contributed by atoms with Crippen LogP contribution in [-0.2, 0) is 0 Å². The molecular formula is C19H16ClF3N2O2. The van der Waals surface area contributed by atoms with Crippen molar-refractivity contribution in [2.75, 3.05) is 13.1 Å². The zero-order chi connectivity index (χ0) is 19.6. The van der Waals surface area contributed by atoms with E-state index in [-0.39, 0.29) is 22.2 Å². The zero-order valence-corrected chi connectivity index (χ0v) is 14.9. The van der Waals surface area contributed by atoms with Crippen molar-refractivity contribution in [3.8, 4) is 0 Å². The Hall–Kier alpha value is -2.54. The van der Waals surface area contributed by atoms with E-state index in [1.807, 2.05) is 0 Å². The SMILES string of the molecule is O=C(NC1CCN(C(=O)c2c(F)cccc2Cl)CC1)c1ccc(F)cc1F. The molecule has 8 heteroatoms. The van der Waals surface area contributed by atoms with Gasteiger partial charge >= 0.3 is 0 Å². The molecule has 1 fully saturated rings. The summed E-state index contributed by atoms with van der Waals surface area (Å²) < 4.78 is 40.5. The van der Waals surface area contributed by atoms with Crippen LogP contribution in [0.15, 0.2) is 36.4 Å². The van der Waals surface area contributed by atoms with E-state index in [1.54, 1.807) is 0 Å². The van der Waals surface area contributed by atoms with Crippen molar-refractivity contribution in [3.63, 3.8) is 0 Å². The Balaban J connectivity index is 1.60. The molecule has 1 heterocycles. The predicted molar refractivity (Wildman–Crippen MR) is 94.2 cm³/mol. The molecule has 0 aliphatic carbocycles. The van der Waals surface area contributed by atoms with Crippen molar-refractivity contribution >= 4 is 23.4 Å². The van der Waals surface area contributed by atoms with Gasteiger partial charge < -0.3 is 10.2 Å². The molecule has 0 unspecified atom stereocenters. The molecule has 3 rings (SSSR count). The van der Waals surface area contributed by atoms with E-state index in [9.17, 15) is 22.8 Å². The number of likely N-dealkylation sites (tertiary alicyclic amines) is 1. The van der Waals surface area contributed by atoms with E-state index >= 15 is 0 Å². The minimum atomic E-state index is -0.936. The lowest BCUT2D eigenvalue weighted by Gasteiger charge is -2.32. The third kappa shape index (κ3) is 4.24. The topological polar surface area (TPSA) is 49.4 Å². The van der Waals surface area contributed by atoms with Gasteiger partial charge in [0, 0.05) is 25.2 Å². The number of nitrogens with one attached hydrogen (secondary N) is 1. The lowest BCUT2D eigenvalue weighted by Crippen LogP contribution is -2.46. The normalized spacial score (nSPS) is 14.9. The van der Waals surface area contributed by atoms with E-state index in [1.165, 1.54) is 23.1 Å². The molecule has 2 aromatic rings. The standard InChI is InChI=1S/C19H16ClF3N2O2/c20-14-2-1-3-15(22)17(14)19(27)25-8-6-12(7-9-25)24-18(26)13-5-4-11(21)10-16(13)23/h1-5,10,12H,6-9H2,(H,24,26). The highest BCUT2D eigenvalue weighted by molar-refractivity contribution is 6.33. The Morgan fingerprint density at radius 3 is 2.37 bits per heavy atom. The van der Waals surface area contributed by atoms with E-state index in [2.05, 4.69) is 5.32 Å². The summed E-state index contributed by atoms with van der Waals surface area (Å²) in [6.07, 6.45) is 0.846. The predicted octanol–water partition coefficient (Wildman–Crippen LogP) is 3.79. The monoisotopic (exact) mass is 396 g/mol. The van der Waals surface area contributed by atoms with E-state index in [4.69, 9.17) is 11.6 Å². The smallest absolute Gasteiger partial charge is 0.258 e. The van der Waals surface area contributed by atoms with Crippen LogP contribution in [0.25, 0.3) is 0 Å². The highest BCUT2D eigenvalue weighted by atomic mass is 35.5. The first kappa shape index (κ1) is 19.2. The maximum absolute atomic E-state index is 13.9. The van der Waals surface area contributed by atoms with Crippen molar-refractivity contribution in [1.29, 1.82) is 0 Å². The number of amides is 2. The molecule has 27 heavy (non-hydrogen) atoms. The average molecular weight is 397 g/mol. The summed E-state index contributed by atoms with van der Waals surface area (Å²) in [5.41, 5.74) is -0.414. The van der Waals surface area contributed by atoms with Crippen LogP contribution < -0.4 is 5.32 Å². The molecule has 1 N–H and O–H groups in total. The van der Waals surface area contributed by atoms with Crippen LogP contribution in [0.2, 0.25) is 5.02 Å². The summed E-state index contributed by atoms with van der Waals surface area (Å²) in [6, 6.07) is 6.50. The third-order valence-corrected chi connectivity index (χ3v) is 4.78. The second kappa shape index (κ2) is 8.00. The second-order valence-corrected chi connectivity index (χ2v) is 6.67. The number of rotatable bonds is 3. The van der Waals surface area contributed by atoms with Gasteiger partial charge in [0.25, 0.3) is 11.8 Å². The van der Waals surface area contributed by atoms with Crippen molar-refractivity contribution in [2.24, 2.45) is 0 Å². The summed E-state index contributed by atoms with van der Waals surface area (Å²) >= 11 is 5.93. The van der Waals surface area contributed by atoms with E-state index in [0.29, 0.717) is 32.0 Å². The Morgan fingerprint density at radius 2 is 1.74 bits per heavy atom. The van der Waals surface area contributed by atoms with Gasteiger partial charge in [-0.15, -0.1) is 0 Å². The molecule has 4 nitrogen and oxygen atoms in total. The van der Waals surface area contributed by atoms with Gasteiger partial charge in [0.2, 0.25) is 0 Å². The van der Waals surface area contributed by atoms with Gasteiger partial charge in [-0.2, -0.15) is 0 Å². The fourth-order valence-electron chi connectivity index (χ4n) is 3.02. The Morgan fingerprint density at radius 1 is 1.04 bits per heavy atom. The van der Waals surface area contributed by atoms with Crippen molar-refractivity contribution < 1.29 is 22.8 Å². The average Bonchev–Trinajstić information content (AvgIpc) is 2.62. The van der Waals surface area contributed by atoms with Gasteiger partial charge in [0.1, 0.15) is 17.5 Å². The number of benzene rings is 2. The first-order valence-corrected chi connectivity index (χ1v) is 8.74. The minimum Gasteiger partial charge on any atom is -0.349 e. The Kier molecular flexibility index (Phi) is 5.70. The molecular weight excluding hydrogens is 381 g/mol. The number of carbonyl (C=O) groups is 2. The molecule has 1 aliphatic rings. The number of hydrogen-bond acceptors (Lipinski definition) is 2. The molecule has 1 aliphatic heterocycles. The lowest BCUT2D eigenvalue weighted by atomic mass is 10.0. The minimum absolute atomic E-state index is 0.0437. The molecule has 2 aromatic carbocycles. The number of carbonyl (C=O) groups excluding carboxylic acids is 2. The van der Waals surface area contributed by atoms with Crippen LogP contribution in [0.1, 0.15) is 33.6 Å². The van der Waals surface area contributed by atoms with Crippen molar-refractivity contribution in [1.82, 2.24) is 10.2 Å². The Labute approximate surface area is 158 Å². The van der Waals surface area contributed by atoms with Crippen LogP contribution in [0.4, 0.5) is 13.2 Å². The number of halogens is 4. The molecule has 0 aromatic heterocycles. The maximum Gasteiger partial charge on any atom is 0.258 e. The van der Waals surface area contributed by atoms with Crippen LogP contribution >= 0.6 is 11.6 Å². The first-order valence-electron chi connectivity index (χ1n) is 8.36. The Bertz CT molecular complexity index is 863. The molecule has 2 amide bonds. The third-order valence-electron chi connectivity index (χ3n) is 4.47. The van der Waals surface area contributed by atoms with Gasteiger partial charge in [0.05, 0.1) is 16.1 Å².